The van der Waals surface area contributed by atoms with E-state index in [1.807, 2.05) is 46.2 Å². The molecule has 0 radical (unpaired) electrons. The molecule has 7 nitrogen and oxygen atoms in total. The van der Waals surface area contributed by atoms with Crippen LogP contribution in [0.2, 0.25) is 10.0 Å². The minimum Gasteiger partial charge on any atom is -0.378 e. The Morgan fingerprint density at radius 1 is 0.800 bits per heavy atom. The number of carbonyl (C=O) groups is 2. The number of rotatable bonds is 6. The summed E-state index contributed by atoms with van der Waals surface area (Å²) in [7, 11) is 0. The molecule has 0 unspecified atom stereocenters. The predicted molar refractivity (Wildman–Crippen MR) is 180 cm³/mol. The number of benzene rings is 2. The van der Waals surface area contributed by atoms with Crippen LogP contribution >= 0.6 is 23.2 Å². The van der Waals surface area contributed by atoms with Gasteiger partial charge in [0.05, 0.1) is 32.8 Å². The summed E-state index contributed by atoms with van der Waals surface area (Å²) in [4.78, 5) is 32.9. The number of anilines is 1. The minimum absolute atomic E-state index is 0.0719. The molecule has 3 heterocycles. The smallest absolute Gasteiger partial charge is 0.242 e. The lowest BCUT2D eigenvalue weighted by molar-refractivity contribution is -0.134. The second-order valence-corrected chi connectivity index (χ2v) is 14.0. The number of morpholine rings is 2. The van der Waals surface area contributed by atoms with Gasteiger partial charge < -0.3 is 24.2 Å². The molecule has 0 spiro atoms. The molecule has 1 aliphatic carbocycles. The molecule has 9 heteroatoms. The lowest BCUT2D eigenvalue weighted by Crippen LogP contribution is -2.45. The topological polar surface area (TPSA) is 62.3 Å². The quantitative estimate of drug-likeness (QED) is 0.363. The van der Waals surface area contributed by atoms with Gasteiger partial charge in [0.15, 0.2) is 0 Å². The molecule has 3 aliphatic heterocycles. The zero-order chi connectivity index (χ0) is 31.9. The molecule has 2 amide bonds. The Bertz CT molecular complexity index is 1600. The third-order valence-corrected chi connectivity index (χ3v) is 10.2. The molecule has 4 aliphatic rings. The van der Waals surface area contributed by atoms with E-state index in [0.29, 0.717) is 69.1 Å². The van der Waals surface area contributed by atoms with Crippen molar-refractivity contribution in [1.29, 1.82) is 0 Å². The van der Waals surface area contributed by atoms with E-state index < -0.39 is 0 Å². The number of allylic oxidation sites excluding steroid dienone is 5. The highest BCUT2D eigenvalue weighted by atomic mass is 35.5. The molecule has 2 aromatic carbocycles. The van der Waals surface area contributed by atoms with Crippen molar-refractivity contribution in [3.05, 3.63) is 92.6 Å². The van der Waals surface area contributed by atoms with Gasteiger partial charge >= 0.3 is 0 Å². The van der Waals surface area contributed by atoms with Gasteiger partial charge in [0.1, 0.15) is 6.54 Å². The second kappa shape index (κ2) is 12.6. The summed E-state index contributed by atoms with van der Waals surface area (Å²) in [5.74, 6) is 0.177. The molecule has 6 rings (SSSR count). The third kappa shape index (κ3) is 6.08. The first-order valence-electron chi connectivity index (χ1n) is 15.7. The minimum atomic E-state index is -0.388. The molecular weight excluding hydrogens is 609 g/mol. The van der Waals surface area contributed by atoms with Crippen molar-refractivity contribution in [1.82, 2.24) is 9.80 Å². The van der Waals surface area contributed by atoms with Crippen LogP contribution in [0.1, 0.15) is 50.8 Å². The van der Waals surface area contributed by atoms with Crippen molar-refractivity contribution >= 4 is 46.3 Å². The molecule has 0 saturated carbocycles. The van der Waals surface area contributed by atoms with Crippen LogP contribution in [0.3, 0.4) is 0 Å². The molecule has 0 atom stereocenters. The summed E-state index contributed by atoms with van der Waals surface area (Å²) in [5.41, 5.74) is 6.65. The Morgan fingerprint density at radius 3 is 2.02 bits per heavy atom. The summed E-state index contributed by atoms with van der Waals surface area (Å²) in [6.07, 6.45) is 6.63. The highest BCUT2D eigenvalue weighted by molar-refractivity contribution is 6.31. The first-order valence-corrected chi connectivity index (χ1v) is 16.5. The molecular formula is C36H41Cl2N3O4. The van der Waals surface area contributed by atoms with Crippen molar-refractivity contribution in [3.63, 3.8) is 0 Å². The molecule has 2 aromatic rings. The number of halogens is 2. The van der Waals surface area contributed by atoms with Gasteiger partial charge in [0, 0.05) is 58.4 Å². The van der Waals surface area contributed by atoms with Gasteiger partial charge in [-0.3, -0.25) is 9.59 Å². The Labute approximate surface area is 276 Å². The number of ether oxygens (including phenoxy) is 2. The van der Waals surface area contributed by atoms with Gasteiger partial charge in [0.2, 0.25) is 11.8 Å². The predicted octanol–water partition coefficient (Wildman–Crippen LogP) is 6.38. The van der Waals surface area contributed by atoms with Gasteiger partial charge in [-0.25, -0.2) is 0 Å². The number of amides is 2. The van der Waals surface area contributed by atoms with Crippen LogP contribution < -0.4 is 4.90 Å². The highest BCUT2D eigenvalue weighted by Crippen LogP contribution is 2.50. The Hall–Kier alpha value is -3.10. The second-order valence-electron chi connectivity index (χ2n) is 13.2. The molecule has 0 N–H and O–H groups in total. The van der Waals surface area contributed by atoms with Crippen LogP contribution in [0, 0.1) is 0 Å². The standard InChI is InChI=1S/C36H41Cl2N3O4/c1-35(2)28(27(26-10-8-24(37)20-29(26)35)22-33(42)39-12-16-44-17-13-39)6-5-7-32-36(3,4)30-21-25(38)9-11-31(30)41(32)23-34(43)40-14-18-45-19-15-40/h5-11,20-21H,12-19,22-23H2,1-4H3. The molecule has 2 saturated heterocycles. The van der Waals surface area contributed by atoms with E-state index in [1.54, 1.807) is 0 Å². The Kier molecular flexibility index (Phi) is 8.92. The highest BCUT2D eigenvalue weighted by Gasteiger charge is 2.42. The van der Waals surface area contributed by atoms with Crippen LogP contribution in [0.5, 0.6) is 0 Å². The number of carbonyl (C=O) groups excluding carboxylic acids is 2. The molecule has 45 heavy (non-hydrogen) atoms. The summed E-state index contributed by atoms with van der Waals surface area (Å²) < 4.78 is 11.0. The van der Waals surface area contributed by atoms with Gasteiger partial charge in [-0.2, -0.15) is 0 Å². The van der Waals surface area contributed by atoms with E-state index in [4.69, 9.17) is 32.7 Å². The summed E-state index contributed by atoms with van der Waals surface area (Å²) in [5, 5.41) is 1.35. The maximum atomic E-state index is 13.5. The maximum Gasteiger partial charge on any atom is 0.242 e. The average Bonchev–Trinajstić information content (AvgIpc) is 3.36. The molecule has 0 aromatic heterocycles. The average molecular weight is 651 g/mol. The van der Waals surface area contributed by atoms with Gasteiger partial charge in [-0.1, -0.05) is 69.1 Å². The van der Waals surface area contributed by atoms with E-state index in [1.165, 1.54) is 0 Å². The molecule has 0 bridgehead atoms. The van der Waals surface area contributed by atoms with E-state index in [9.17, 15) is 9.59 Å². The first kappa shape index (κ1) is 31.9. The first-order chi connectivity index (χ1) is 21.5. The largest absolute Gasteiger partial charge is 0.378 e. The number of hydrogen-bond acceptors (Lipinski definition) is 5. The van der Waals surface area contributed by atoms with Crippen LogP contribution in [-0.4, -0.2) is 80.8 Å². The molecule has 238 valence electrons. The van der Waals surface area contributed by atoms with Crippen LogP contribution in [0.25, 0.3) is 5.57 Å². The summed E-state index contributed by atoms with van der Waals surface area (Å²) in [6.45, 7) is 13.6. The van der Waals surface area contributed by atoms with Crippen molar-refractivity contribution in [2.24, 2.45) is 0 Å². The van der Waals surface area contributed by atoms with Crippen LogP contribution in [0.4, 0.5) is 5.69 Å². The zero-order valence-electron chi connectivity index (χ0n) is 26.5. The SMILES string of the molecule is CC1(C)C(C=CC=C2N(CC(=O)N3CCOCC3)c3ccc(Cl)cc3C2(C)C)=C(CC(=O)N2CCOCC2)c2ccc(Cl)cc21. The zero-order valence-corrected chi connectivity index (χ0v) is 28.0. The lowest BCUT2D eigenvalue weighted by Gasteiger charge is -2.31. The number of nitrogens with zero attached hydrogens (tertiary/aromatic N) is 3. The molecule has 2 fully saturated rings. The number of fused-ring (bicyclic) bond motifs is 2. The van der Waals surface area contributed by atoms with E-state index in [2.05, 4.69) is 50.8 Å². The monoisotopic (exact) mass is 649 g/mol. The van der Waals surface area contributed by atoms with E-state index in [-0.39, 0.29) is 29.2 Å². The summed E-state index contributed by atoms with van der Waals surface area (Å²) in [6, 6.07) is 11.9. The normalized spacial score (nSPS) is 21.6. The van der Waals surface area contributed by atoms with Crippen molar-refractivity contribution < 1.29 is 19.1 Å². The fraction of sp³-hybridized carbons (Fsp3) is 0.444. The lowest BCUT2D eigenvalue weighted by atomic mass is 9.80. The fourth-order valence-corrected chi connectivity index (χ4v) is 7.48. The van der Waals surface area contributed by atoms with Crippen molar-refractivity contribution in [2.75, 3.05) is 64.1 Å². The van der Waals surface area contributed by atoms with Crippen molar-refractivity contribution in [3.8, 4) is 0 Å². The van der Waals surface area contributed by atoms with Crippen molar-refractivity contribution in [2.45, 2.75) is 44.9 Å². The van der Waals surface area contributed by atoms with Crippen LogP contribution in [-0.2, 0) is 29.9 Å². The van der Waals surface area contributed by atoms with E-state index in [0.717, 1.165) is 39.2 Å². The fourth-order valence-electron chi connectivity index (χ4n) is 7.14. The Balaban J connectivity index is 1.37. The third-order valence-electron chi connectivity index (χ3n) is 9.70. The summed E-state index contributed by atoms with van der Waals surface area (Å²) >= 11 is 12.9. The van der Waals surface area contributed by atoms with E-state index >= 15 is 0 Å². The van der Waals surface area contributed by atoms with Gasteiger partial charge in [-0.15, -0.1) is 0 Å². The maximum absolute atomic E-state index is 13.5. The van der Waals surface area contributed by atoms with Gasteiger partial charge in [0.25, 0.3) is 0 Å². The number of hydrogen-bond donors (Lipinski definition) is 0. The van der Waals surface area contributed by atoms with Crippen LogP contribution in [0.15, 0.2) is 65.9 Å². The van der Waals surface area contributed by atoms with Gasteiger partial charge in [-0.05, 0) is 64.2 Å². The Morgan fingerprint density at radius 2 is 1.38 bits per heavy atom.